The average Bonchev–Trinajstić information content (AvgIpc) is 2.85. The van der Waals surface area contributed by atoms with Gasteiger partial charge in [0, 0.05) is 0 Å². The summed E-state index contributed by atoms with van der Waals surface area (Å²) in [5, 5.41) is 59.6. The lowest BCUT2D eigenvalue weighted by molar-refractivity contribution is -0.416. The van der Waals surface area contributed by atoms with E-state index in [1.807, 2.05) is 0 Å². The van der Waals surface area contributed by atoms with Gasteiger partial charge in [-0.2, -0.15) is 0 Å². The van der Waals surface area contributed by atoms with Gasteiger partial charge in [0.1, 0.15) is 49.3 Å². The second-order valence-electron chi connectivity index (χ2n) is 7.18. The molecule has 6 N–H and O–H groups in total. The van der Waals surface area contributed by atoms with E-state index in [2.05, 4.69) is 0 Å². The minimum atomic E-state index is -2.14. The molecule has 0 saturated carbocycles. The Kier molecular flexibility index (Phi) is 5.61. The first kappa shape index (κ1) is 20.3. The topological polar surface area (TPSA) is 168 Å². The Bertz CT molecular complexity index is 500. The third kappa shape index (κ3) is 3.38. The summed E-state index contributed by atoms with van der Waals surface area (Å²) in [5.41, 5.74) is 0. The molecule has 3 heterocycles. The van der Waals surface area contributed by atoms with Crippen LogP contribution in [0.3, 0.4) is 0 Å². The van der Waals surface area contributed by atoms with Crippen LogP contribution in [-0.2, 0) is 23.7 Å². The molecule has 11 nitrogen and oxygen atoms in total. The molecule has 0 aromatic rings. The lowest BCUT2D eigenvalue weighted by Gasteiger charge is -2.49. The van der Waals surface area contributed by atoms with Gasteiger partial charge < -0.3 is 54.3 Å². The van der Waals surface area contributed by atoms with E-state index in [1.54, 1.807) is 13.8 Å². The molecular weight excluding hydrogens is 356 g/mol. The van der Waals surface area contributed by atoms with Crippen molar-refractivity contribution in [1.29, 1.82) is 0 Å². The highest BCUT2D eigenvalue weighted by atomic mass is 16.8. The molecule has 11 heteroatoms. The van der Waals surface area contributed by atoms with Gasteiger partial charge in [0.15, 0.2) is 12.1 Å². The fraction of sp³-hybridized carbons (Fsp3) is 1.00. The summed E-state index contributed by atoms with van der Waals surface area (Å²) < 4.78 is 27.3. The van der Waals surface area contributed by atoms with Gasteiger partial charge in [0.05, 0.1) is 13.2 Å². The van der Waals surface area contributed by atoms with E-state index in [4.69, 9.17) is 23.7 Å². The number of hydrogen-bond donors (Lipinski definition) is 6. The van der Waals surface area contributed by atoms with Crippen molar-refractivity contribution in [1.82, 2.24) is 0 Å². The predicted molar refractivity (Wildman–Crippen MR) is 80.5 cm³/mol. The van der Waals surface area contributed by atoms with Gasteiger partial charge in [-0.05, 0) is 13.8 Å². The molecule has 3 aliphatic rings. The molecule has 152 valence electrons. The summed E-state index contributed by atoms with van der Waals surface area (Å²) in [4.78, 5) is 0. The van der Waals surface area contributed by atoms with Gasteiger partial charge in [-0.25, -0.2) is 0 Å². The average molecular weight is 382 g/mol. The van der Waals surface area contributed by atoms with E-state index in [1.165, 1.54) is 0 Å². The number of hydrogen-bond acceptors (Lipinski definition) is 11. The molecule has 0 radical (unpaired) electrons. The van der Waals surface area contributed by atoms with Crippen molar-refractivity contribution in [2.45, 2.75) is 74.4 Å². The molecule has 0 aromatic heterocycles. The zero-order valence-corrected chi connectivity index (χ0v) is 14.5. The summed E-state index contributed by atoms with van der Waals surface area (Å²) in [6.45, 7) is 1.86. The largest absolute Gasteiger partial charge is 0.394 e. The summed E-state index contributed by atoms with van der Waals surface area (Å²) in [5.74, 6) is -3.10. The minimum absolute atomic E-state index is 0.0543. The zero-order valence-electron chi connectivity index (χ0n) is 14.5. The first-order valence-corrected chi connectivity index (χ1v) is 8.41. The fourth-order valence-corrected chi connectivity index (χ4v) is 3.39. The highest BCUT2D eigenvalue weighted by Crippen LogP contribution is 2.38. The van der Waals surface area contributed by atoms with Gasteiger partial charge in [0.25, 0.3) is 0 Å². The van der Waals surface area contributed by atoms with Crippen molar-refractivity contribution < 1.29 is 54.3 Å². The molecule has 0 unspecified atom stereocenters. The van der Waals surface area contributed by atoms with Crippen LogP contribution in [0.1, 0.15) is 13.8 Å². The molecule has 0 spiro atoms. The van der Waals surface area contributed by atoms with Gasteiger partial charge in [0.2, 0.25) is 5.79 Å². The normalized spacial score (nSPS) is 51.2. The van der Waals surface area contributed by atoms with E-state index < -0.39 is 73.8 Å². The summed E-state index contributed by atoms with van der Waals surface area (Å²) in [7, 11) is 0. The maximum absolute atomic E-state index is 10.4. The van der Waals surface area contributed by atoms with E-state index in [0.29, 0.717) is 0 Å². The molecule has 26 heavy (non-hydrogen) atoms. The summed E-state index contributed by atoms with van der Waals surface area (Å²) in [6.07, 6.45) is -10.6. The maximum atomic E-state index is 10.4. The highest BCUT2D eigenvalue weighted by molar-refractivity contribution is 4.99. The van der Waals surface area contributed by atoms with Crippen molar-refractivity contribution in [3.63, 3.8) is 0 Å². The number of ether oxygens (including phenoxy) is 5. The second kappa shape index (κ2) is 7.18. The number of rotatable bonds is 4. The van der Waals surface area contributed by atoms with Crippen molar-refractivity contribution in [2.24, 2.45) is 0 Å². The molecular formula is C15H26O11. The zero-order chi connectivity index (χ0) is 19.3. The van der Waals surface area contributed by atoms with Gasteiger partial charge in [-0.1, -0.05) is 0 Å². The standard InChI is InChI=1S/C15H26O11/c1-14(2)22-4-7-11(25-14)9(19)10(20)13(23-7)26-15(5-17)12(21)8(18)6(3-16)24-15/h6-13,16-21H,3-5H2,1-2H3/t6-,7-,8-,9-,10-,11-,12+,13-,15+/m1/s1. The fourth-order valence-electron chi connectivity index (χ4n) is 3.39. The second-order valence-corrected chi connectivity index (χ2v) is 7.18. The van der Waals surface area contributed by atoms with Crippen LogP contribution in [0.5, 0.6) is 0 Å². The van der Waals surface area contributed by atoms with Crippen LogP contribution >= 0.6 is 0 Å². The summed E-state index contributed by atoms with van der Waals surface area (Å²) in [6, 6.07) is 0. The Labute approximate surface area is 149 Å². The van der Waals surface area contributed by atoms with Crippen molar-refractivity contribution in [3.8, 4) is 0 Å². The molecule has 3 aliphatic heterocycles. The molecule has 3 fully saturated rings. The highest BCUT2D eigenvalue weighted by Gasteiger charge is 2.59. The van der Waals surface area contributed by atoms with Crippen molar-refractivity contribution >= 4 is 0 Å². The Hall–Kier alpha value is -0.440. The predicted octanol–water partition coefficient (Wildman–Crippen LogP) is -3.60. The molecule has 0 aromatic carbocycles. The number of aliphatic hydroxyl groups is 6. The molecule has 3 rings (SSSR count). The molecule has 9 atom stereocenters. The third-order valence-electron chi connectivity index (χ3n) is 4.88. The quantitative estimate of drug-likeness (QED) is 0.284. The first-order chi connectivity index (χ1) is 12.1. The van der Waals surface area contributed by atoms with Gasteiger partial charge >= 0.3 is 0 Å². The van der Waals surface area contributed by atoms with Gasteiger partial charge in [-0.15, -0.1) is 0 Å². The van der Waals surface area contributed by atoms with Crippen LogP contribution in [0.25, 0.3) is 0 Å². The monoisotopic (exact) mass is 382 g/mol. The number of fused-ring (bicyclic) bond motifs is 1. The molecule has 3 saturated heterocycles. The van der Waals surface area contributed by atoms with Crippen LogP contribution in [0.15, 0.2) is 0 Å². The van der Waals surface area contributed by atoms with Crippen LogP contribution in [0.4, 0.5) is 0 Å². The van der Waals surface area contributed by atoms with Crippen LogP contribution < -0.4 is 0 Å². The molecule has 0 amide bonds. The first-order valence-electron chi connectivity index (χ1n) is 8.41. The Morgan fingerprint density at radius 2 is 1.69 bits per heavy atom. The Morgan fingerprint density at radius 1 is 1.00 bits per heavy atom. The van der Waals surface area contributed by atoms with E-state index in [0.717, 1.165) is 0 Å². The smallest absolute Gasteiger partial charge is 0.224 e. The van der Waals surface area contributed by atoms with Gasteiger partial charge in [-0.3, -0.25) is 0 Å². The lowest BCUT2D eigenvalue weighted by Crippen LogP contribution is -2.66. The summed E-state index contributed by atoms with van der Waals surface area (Å²) >= 11 is 0. The maximum Gasteiger partial charge on any atom is 0.224 e. The molecule has 0 bridgehead atoms. The van der Waals surface area contributed by atoms with E-state index >= 15 is 0 Å². The third-order valence-corrected chi connectivity index (χ3v) is 4.88. The number of aliphatic hydroxyl groups excluding tert-OH is 6. The Balaban J connectivity index is 1.76. The van der Waals surface area contributed by atoms with Crippen molar-refractivity contribution in [3.05, 3.63) is 0 Å². The molecule has 0 aliphatic carbocycles. The van der Waals surface area contributed by atoms with Crippen LogP contribution in [-0.4, -0.2) is 111 Å². The van der Waals surface area contributed by atoms with Crippen molar-refractivity contribution in [2.75, 3.05) is 19.8 Å². The van der Waals surface area contributed by atoms with Crippen LogP contribution in [0.2, 0.25) is 0 Å². The lowest BCUT2D eigenvalue weighted by atomic mass is 9.97. The Morgan fingerprint density at radius 3 is 2.27 bits per heavy atom. The minimum Gasteiger partial charge on any atom is -0.394 e. The van der Waals surface area contributed by atoms with Crippen LogP contribution in [0, 0.1) is 0 Å². The van der Waals surface area contributed by atoms with E-state index in [9.17, 15) is 30.6 Å². The van der Waals surface area contributed by atoms with E-state index in [-0.39, 0.29) is 6.61 Å². The SMILES string of the molecule is CC1(C)OC[C@H]2O[C@H](O[C@]3(CO)O[C@H](CO)[C@@H](O)[C@@H]3O)[C@H](O)[C@@H](O)[C@@H]2O1.